The zero-order chi connectivity index (χ0) is 27.2. The first-order chi connectivity index (χ1) is 18.1. The summed E-state index contributed by atoms with van der Waals surface area (Å²) in [7, 11) is 3.17. The maximum Gasteiger partial charge on any atom is 0.298 e. The van der Waals surface area contributed by atoms with Crippen molar-refractivity contribution in [2.45, 2.75) is 43.9 Å². The van der Waals surface area contributed by atoms with Crippen LogP contribution in [0.15, 0.2) is 29.2 Å². The number of nitrogens with one attached hydrogen (secondary N) is 2. The molecule has 0 spiro atoms. The number of benzene rings is 1. The number of aromatic nitrogens is 3. The van der Waals surface area contributed by atoms with Gasteiger partial charge in [-0.3, -0.25) is 4.79 Å². The lowest BCUT2D eigenvalue weighted by atomic mass is 9.94. The number of alkyl halides is 2. The number of aliphatic hydroxyl groups is 1. The SMILES string of the molecule is COCC1CC(O)CC(C)N1c1ncc(Cl)c(Nc2ccc3c(c2)c2c(c(=O)n3C)OCC(F)(F)CN2)n1. The van der Waals surface area contributed by atoms with Gasteiger partial charge in [0, 0.05) is 31.3 Å². The number of rotatable bonds is 5. The van der Waals surface area contributed by atoms with E-state index in [1.165, 1.54) is 10.8 Å². The third kappa shape index (κ3) is 4.95. The van der Waals surface area contributed by atoms with E-state index in [1.54, 1.807) is 32.4 Å². The molecule has 1 fully saturated rings. The molecule has 5 rings (SSSR count). The lowest BCUT2D eigenvalue weighted by Gasteiger charge is -2.42. The largest absolute Gasteiger partial charge is 0.480 e. The maximum absolute atomic E-state index is 14.0. The van der Waals surface area contributed by atoms with Gasteiger partial charge in [0.15, 0.2) is 12.4 Å². The Morgan fingerprint density at radius 3 is 2.92 bits per heavy atom. The number of hydrogen-bond donors (Lipinski definition) is 3. The van der Waals surface area contributed by atoms with Crippen molar-refractivity contribution in [2.75, 3.05) is 42.4 Å². The van der Waals surface area contributed by atoms with E-state index in [4.69, 9.17) is 21.1 Å². The fourth-order valence-corrected chi connectivity index (χ4v) is 5.29. The van der Waals surface area contributed by atoms with Crippen LogP contribution in [0.25, 0.3) is 10.9 Å². The summed E-state index contributed by atoms with van der Waals surface area (Å²) in [5.41, 5.74) is 0.811. The van der Waals surface area contributed by atoms with Crippen LogP contribution in [0, 0.1) is 0 Å². The molecule has 3 unspecified atom stereocenters. The zero-order valence-electron chi connectivity index (χ0n) is 21.2. The number of aryl methyl sites for hydroxylation is 1. The Hall–Kier alpha value is -3.22. The summed E-state index contributed by atoms with van der Waals surface area (Å²) in [4.78, 5) is 23.9. The van der Waals surface area contributed by atoms with Gasteiger partial charge < -0.3 is 34.7 Å². The van der Waals surface area contributed by atoms with Crippen molar-refractivity contribution in [1.82, 2.24) is 14.5 Å². The van der Waals surface area contributed by atoms with Crippen LogP contribution in [0.2, 0.25) is 5.02 Å². The summed E-state index contributed by atoms with van der Waals surface area (Å²) in [5, 5.41) is 16.9. The van der Waals surface area contributed by atoms with Crippen LogP contribution >= 0.6 is 11.6 Å². The van der Waals surface area contributed by atoms with E-state index < -0.39 is 30.7 Å². The van der Waals surface area contributed by atoms with Gasteiger partial charge in [-0.1, -0.05) is 11.6 Å². The molecule has 2 aromatic heterocycles. The number of fused-ring (bicyclic) bond motifs is 3. The van der Waals surface area contributed by atoms with Gasteiger partial charge in [-0.25, -0.2) is 13.8 Å². The number of pyridine rings is 1. The number of methoxy groups -OCH3 is 1. The molecule has 10 nitrogen and oxygen atoms in total. The molecule has 2 aliphatic heterocycles. The average molecular weight is 551 g/mol. The van der Waals surface area contributed by atoms with Crippen LogP contribution < -0.4 is 25.8 Å². The Labute approximate surface area is 222 Å². The molecule has 0 radical (unpaired) electrons. The first-order valence-corrected chi connectivity index (χ1v) is 12.6. The second-order valence-electron chi connectivity index (χ2n) is 9.78. The van der Waals surface area contributed by atoms with Gasteiger partial charge in [-0.05, 0) is 38.0 Å². The average Bonchev–Trinajstić information content (AvgIpc) is 3.02. The molecule has 0 saturated carbocycles. The Morgan fingerprint density at radius 2 is 2.16 bits per heavy atom. The fourth-order valence-electron chi connectivity index (χ4n) is 5.15. The first-order valence-electron chi connectivity index (χ1n) is 12.2. The number of nitrogens with zero attached hydrogens (tertiary/aromatic N) is 4. The molecule has 1 aromatic carbocycles. The van der Waals surface area contributed by atoms with Crippen molar-refractivity contribution >= 4 is 45.6 Å². The van der Waals surface area contributed by atoms with Gasteiger partial charge in [0.1, 0.15) is 5.02 Å². The maximum atomic E-state index is 14.0. The van der Waals surface area contributed by atoms with Crippen molar-refractivity contribution in [2.24, 2.45) is 7.05 Å². The Morgan fingerprint density at radius 1 is 1.37 bits per heavy atom. The minimum absolute atomic E-state index is 0.0328. The van der Waals surface area contributed by atoms with Crippen molar-refractivity contribution in [3.8, 4) is 5.75 Å². The summed E-state index contributed by atoms with van der Waals surface area (Å²) < 4.78 is 40.0. The molecule has 4 heterocycles. The van der Waals surface area contributed by atoms with E-state index in [1.807, 2.05) is 11.8 Å². The van der Waals surface area contributed by atoms with Crippen LogP contribution in [0.1, 0.15) is 19.8 Å². The molecule has 13 heteroatoms. The predicted molar refractivity (Wildman–Crippen MR) is 141 cm³/mol. The lowest BCUT2D eigenvalue weighted by molar-refractivity contribution is -0.0251. The van der Waals surface area contributed by atoms with Gasteiger partial charge in [0.25, 0.3) is 11.5 Å². The Balaban J connectivity index is 1.52. The molecule has 3 aromatic rings. The minimum Gasteiger partial charge on any atom is -0.480 e. The van der Waals surface area contributed by atoms with Crippen LogP contribution in [-0.2, 0) is 11.8 Å². The Bertz CT molecular complexity index is 1420. The first kappa shape index (κ1) is 26.4. The highest BCUT2D eigenvalue weighted by Gasteiger charge is 2.36. The monoisotopic (exact) mass is 550 g/mol. The van der Waals surface area contributed by atoms with E-state index in [-0.39, 0.29) is 28.5 Å². The van der Waals surface area contributed by atoms with Crippen LogP contribution in [0.3, 0.4) is 0 Å². The third-order valence-electron chi connectivity index (χ3n) is 6.91. The van der Waals surface area contributed by atoms with Crippen LogP contribution in [0.5, 0.6) is 5.75 Å². The molecular formula is C25H29ClF2N6O4. The van der Waals surface area contributed by atoms with Gasteiger partial charge >= 0.3 is 0 Å². The molecule has 0 amide bonds. The topological polar surface area (TPSA) is 114 Å². The highest BCUT2D eigenvalue weighted by molar-refractivity contribution is 6.33. The second kappa shape index (κ2) is 10.2. The molecule has 3 N–H and O–H groups in total. The Kier molecular flexibility index (Phi) is 7.05. The molecule has 0 aliphatic carbocycles. The molecule has 3 atom stereocenters. The quantitative estimate of drug-likeness (QED) is 0.439. The number of halogens is 3. The number of aliphatic hydroxyl groups excluding tert-OH is 1. The summed E-state index contributed by atoms with van der Waals surface area (Å²) in [5.74, 6) is -2.49. The van der Waals surface area contributed by atoms with Crippen molar-refractivity contribution in [3.05, 3.63) is 39.8 Å². The van der Waals surface area contributed by atoms with E-state index in [2.05, 4.69) is 20.6 Å². The zero-order valence-corrected chi connectivity index (χ0v) is 21.9. The fraction of sp³-hybridized carbons (Fsp3) is 0.480. The summed E-state index contributed by atoms with van der Waals surface area (Å²) in [6.45, 7) is 0.847. The molecule has 1 saturated heterocycles. The van der Waals surface area contributed by atoms with E-state index >= 15 is 0 Å². The summed E-state index contributed by atoms with van der Waals surface area (Å²) >= 11 is 6.44. The standard InChI is InChI=1S/C25H29ClF2N6O4/c1-13-6-16(35)8-15(10-37-3)34(13)24-29-9-18(26)22(32-24)31-14-4-5-19-17(7-14)20-21(23(36)33(19)2)38-12-25(27,28)11-30-20/h4-5,7,9,13,15-16,30,35H,6,8,10-12H2,1-3H3,(H,29,31,32). The highest BCUT2D eigenvalue weighted by Crippen LogP contribution is 2.37. The predicted octanol–water partition coefficient (Wildman–Crippen LogP) is 3.53. The van der Waals surface area contributed by atoms with Gasteiger partial charge in [0.05, 0.1) is 42.7 Å². The minimum atomic E-state index is -3.13. The molecular weight excluding hydrogens is 522 g/mol. The third-order valence-corrected chi connectivity index (χ3v) is 7.19. The number of hydrogen-bond acceptors (Lipinski definition) is 9. The van der Waals surface area contributed by atoms with Crippen molar-refractivity contribution in [3.63, 3.8) is 0 Å². The van der Waals surface area contributed by atoms with E-state index in [0.717, 1.165) is 0 Å². The van der Waals surface area contributed by atoms with Crippen molar-refractivity contribution in [1.29, 1.82) is 0 Å². The van der Waals surface area contributed by atoms with Crippen LogP contribution in [-0.4, -0.2) is 70.6 Å². The molecule has 2 aliphatic rings. The normalized spacial score (nSPS) is 22.8. The molecule has 38 heavy (non-hydrogen) atoms. The second-order valence-corrected chi connectivity index (χ2v) is 10.2. The number of anilines is 4. The van der Waals surface area contributed by atoms with Gasteiger partial charge in [-0.2, -0.15) is 4.98 Å². The van der Waals surface area contributed by atoms with E-state index in [9.17, 15) is 18.7 Å². The molecule has 204 valence electrons. The smallest absolute Gasteiger partial charge is 0.298 e. The van der Waals surface area contributed by atoms with Crippen LogP contribution in [0.4, 0.5) is 31.9 Å². The lowest BCUT2D eigenvalue weighted by Crippen LogP contribution is -2.52. The summed E-state index contributed by atoms with van der Waals surface area (Å²) in [6.07, 6.45) is 2.16. The molecule has 0 bridgehead atoms. The number of ether oxygens (including phenoxy) is 2. The van der Waals surface area contributed by atoms with Gasteiger partial charge in [-0.15, -0.1) is 0 Å². The van der Waals surface area contributed by atoms with Gasteiger partial charge in [0.2, 0.25) is 11.7 Å². The summed E-state index contributed by atoms with van der Waals surface area (Å²) in [6, 6.07) is 5.03. The van der Waals surface area contributed by atoms with E-state index in [0.29, 0.717) is 47.8 Å². The highest BCUT2D eigenvalue weighted by atomic mass is 35.5. The number of piperidine rings is 1. The van der Waals surface area contributed by atoms with Crippen molar-refractivity contribution < 1.29 is 23.4 Å².